The number of unbranched alkanes of at least 4 members (excludes halogenated alkanes) is 2. The van der Waals surface area contributed by atoms with Crippen LogP contribution >= 0.6 is 0 Å². The van der Waals surface area contributed by atoms with E-state index in [9.17, 15) is 4.79 Å². The van der Waals surface area contributed by atoms with Crippen LogP contribution in [0.25, 0.3) is 11.0 Å². The summed E-state index contributed by atoms with van der Waals surface area (Å²) < 4.78 is 8.52. The molecule has 37 heavy (non-hydrogen) atoms. The lowest BCUT2D eigenvalue weighted by molar-refractivity contribution is -0.120. The Bertz CT molecular complexity index is 1310. The first-order valence-electron chi connectivity index (χ1n) is 13.5. The smallest absolute Gasteiger partial charge is 0.224 e. The van der Waals surface area contributed by atoms with Crippen molar-refractivity contribution in [3.05, 3.63) is 95.3 Å². The summed E-state index contributed by atoms with van der Waals surface area (Å²) in [6.07, 6.45) is 4.41. The zero-order valence-corrected chi connectivity index (χ0v) is 22.4. The molecule has 0 bridgehead atoms. The molecule has 0 aliphatic carbocycles. The van der Waals surface area contributed by atoms with Gasteiger partial charge in [-0.1, -0.05) is 74.9 Å². The van der Waals surface area contributed by atoms with E-state index in [1.54, 1.807) is 0 Å². The number of imidazole rings is 1. The first kappa shape index (κ1) is 26.5. The van der Waals surface area contributed by atoms with Gasteiger partial charge in [0.25, 0.3) is 0 Å². The summed E-state index contributed by atoms with van der Waals surface area (Å²) in [5.41, 5.74) is 5.68. The molecular weight excluding hydrogens is 458 g/mol. The third-order valence-electron chi connectivity index (χ3n) is 6.86. The molecule has 0 saturated carbocycles. The van der Waals surface area contributed by atoms with Crippen LogP contribution in [0.3, 0.4) is 0 Å². The Kier molecular flexibility index (Phi) is 9.36. The summed E-state index contributed by atoms with van der Waals surface area (Å²) in [5, 5.41) is 3.07. The Balaban J connectivity index is 1.26. The van der Waals surface area contributed by atoms with E-state index in [-0.39, 0.29) is 5.91 Å². The van der Waals surface area contributed by atoms with E-state index in [4.69, 9.17) is 9.72 Å². The van der Waals surface area contributed by atoms with Crippen LogP contribution in [0.15, 0.2) is 72.8 Å². The van der Waals surface area contributed by atoms with E-state index in [1.807, 2.05) is 43.3 Å². The molecule has 0 aliphatic heterocycles. The van der Waals surface area contributed by atoms with E-state index in [2.05, 4.69) is 60.1 Å². The van der Waals surface area contributed by atoms with Crippen molar-refractivity contribution in [1.29, 1.82) is 0 Å². The highest BCUT2D eigenvalue weighted by molar-refractivity contribution is 5.78. The van der Waals surface area contributed by atoms with Crippen LogP contribution in [0.4, 0.5) is 0 Å². The molecule has 5 heteroatoms. The number of carbonyl (C=O) groups excluding carboxylic acids is 1. The predicted octanol–water partition coefficient (Wildman–Crippen LogP) is 6.62. The molecule has 4 aromatic rings. The van der Waals surface area contributed by atoms with Crippen LogP contribution in [-0.4, -0.2) is 28.6 Å². The van der Waals surface area contributed by atoms with Crippen LogP contribution in [-0.2, 0) is 24.2 Å². The number of hydrogen-bond donors (Lipinski definition) is 1. The Morgan fingerprint density at radius 1 is 0.946 bits per heavy atom. The number of hydrogen-bond acceptors (Lipinski definition) is 3. The average Bonchev–Trinajstić information content (AvgIpc) is 3.25. The fourth-order valence-corrected chi connectivity index (χ4v) is 4.76. The number of nitrogens with one attached hydrogen (secondary N) is 1. The van der Waals surface area contributed by atoms with Crippen molar-refractivity contribution in [2.24, 2.45) is 0 Å². The summed E-state index contributed by atoms with van der Waals surface area (Å²) in [6.45, 7) is 8.51. The van der Waals surface area contributed by atoms with Gasteiger partial charge in [-0.05, 0) is 60.6 Å². The molecule has 0 spiro atoms. The van der Waals surface area contributed by atoms with Crippen molar-refractivity contribution in [3.63, 3.8) is 0 Å². The number of carbonyl (C=O) groups is 1. The lowest BCUT2D eigenvalue weighted by Gasteiger charge is -2.15. The van der Waals surface area contributed by atoms with Gasteiger partial charge in [-0.25, -0.2) is 4.98 Å². The van der Waals surface area contributed by atoms with E-state index in [0.29, 0.717) is 25.5 Å². The number of nitrogens with zero attached hydrogens (tertiary/aromatic N) is 2. The zero-order chi connectivity index (χ0) is 26.0. The number of rotatable bonds is 13. The van der Waals surface area contributed by atoms with Gasteiger partial charge >= 0.3 is 0 Å². The molecule has 1 N–H and O–H groups in total. The van der Waals surface area contributed by atoms with Crippen molar-refractivity contribution in [2.75, 3.05) is 13.2 Å². The third kappa shape index (κ3) is 7.22. The second kappa shape index (κ2) is 13.1. The fraction of sp³-hybridized carbons (Fsp3) is 0.375. The van der Waals surface area contributed by atoms with Gasteiger partial charge in [0.05, 0.1) is 24.0 Å². The topological polar surface area (TPSA) is 56.2 Å². The van der Waals surface area contributed by atoms with Gasteiger partial charge in [0.15, 0.2) is 0 Å². The van der Waals surface area contributed by atoms with Gasteiger partial charge in [0, 0.05) is 13.0 Å². The van der Waals surface area contributed by atoms with Crippen molar-refractivity contribution in [2.45, 2.75) is 65.3 Å². The highest BCUT2D eigenvalue weighted by atomic mass is 16.5. The molecule has 1 heterocycles. The highest BCUT2D eigenvalue weighted by Gasteiger charge is 2.12. The number of aryl methyl sites for hydroxylation is 2. The molecule has 4 rings (SSSR count). The molecular formula is C32H39N3O2. The molecule has 194 valence electrons. The zero-order valence-electron chi connectivity index (χ0n) is 22.4. The molecule has 0 unspecified atom stereocenters. The third-order valence-corrected chi connectivity index (χ3v) is 6.86. The Morgan fingerprint density at radius 3 is 2.54 bits per heavy atom. The van der Waals surface area contributed by atoms with Gasteiger partial charge < -0.3 is 14.6 Å². The summed E-state index contributed by atoms with van der Waals surface area (Å²) in [6, 6.07) is 24.7. The lowest BCUT2D eigenvalue weighted by Crippen LogP contribution is -2.26. The first-order valence-corrected chi connectivity index (χ1v) is 13.5. The van der Waals surface area contributed by atoms with Crippen LogP contribution < -0.4 is 10.1 Å². The van der Waals surface area contributed by atoms with E-state index >= 15 is 0 Å². The average molecular weight is 498 g/mol. The van der Waals surface area contributed by atoms with Crippen molar-refractivity contribution < 1.29 is 9.53 Å². The lowest BCUT2D eigenvalue weighted by atomic mass is 10.0. The van der Waals surface area contributed by atoms with Crippen LogP contribution in [0.2, 0.25) is 0 Å². The molecule has 1 amide bonds. The quantitative estimate of drug-likeness (QED) is 0.211. The number of para-hydroxylation sites is 3. The van der Waals surface area contributed by atoms with Crippen LogP contribution in [0.1, 0.15) is 61.5 Å². The SMILES string of the molecule is Cc1ccccc1CC(=O)NCCCCCc1nc2ccccc2n1CCOc1ccccc1C(C)C. The van der Waals surface area contributed by atoms with Crippen molar-refractivity contribution >= 4 is 16.9 Å². The molecule has 0 aliphatic rings. The summed E-state index contributed by atoms with van der Waals surface area (Å²) in [7, 11) is 0. The Labute approximate surface area is 220 Å². The highest BCUT2D eigenvalue weighted by Crippen LogP contribution is 2.26. The molecule has 1 aromatic heterocycles. The minimum Gasteiger partial charge on any atom is -0.491 e. The van der Waals surface area contributed by atoms with Crippen molar-refractivity contribution in [3.8, 4) is 5.75 Å². The van der Waals surface area contributed by atoms with Gasteiger partial charge in [0.1, 0.15) is 18.2 Å². The first-order chi connectivity index (χ1) is 18.0. The maximum Gasteiger partial charge on any atom is 0.224 e. The molecule has 0 fully saturated rings. The minimum absolute atomic E-state index is 0.0927. The number of amides is 1. The Morgan fingerprint density at radius 2 is 1.70 bits per heavy atom. The van der Waals surface area contributed by atoms with E-state index < -0.39 is 0 Å². The van der Waals surface area contributed by atoms with E-state index in [1.165, 1.54) is 5.56 Å². The van der Waals surface area contributed by atoms with Gasteiger partial charge in [-0.3, -0.25) is 4.79 Å². The largest absolute Gasteiger partial charge is 0.491 e. The molecule has 3 aromatic carbocycles. The molecule has 0 saturated heterocycles. The summed E-state index contributed by atoms with van der Waals surface area (Å²) in [4.78, 5) is 17.2. The van der Waals surface area contributed by atoms with Gasteiger partial charge in [-0.2, -0.15) is 0 Å². The summed E-state index contributed by atoms with van der Waals surface area (Å²) >= 11 is 0. The second-order valence-corrected chi connectivity index (χ2v) is 9.97. The standard InChI is InChI=1S/C32H39N3O2/c1-24(2)27-15-8-11-18-30(27)37-22-21-35-29-17-10-9-16-28(29)34-31(35)19-5-4-12-20-33-32(36)23-26-14-7-6-13-25(26)3/h6-11,13-18,24H,4-5,12,19-23H2,1-3H3,(H,33,36). The summed E-state index contributed by atoms with van der Waals surface area (Å²) in [5.74, 6) is 2.58. The number of fused-ring (bicyclic) bond motifs is 1. The Hall–Kier alpha value is -3.60. The van der Waals surface area contributed by atoms with E-state index in [0.717, 1.165) is 66.0 Å². The molecule has 0 atom stereocenters. The minimum atomic E-state index is 0.0927. The van der Waals surface area contributed by atoms with Gasteiger partial charge in [0.2, 0.25) is 5.91 Å². The number of ether oxygens (including phenoxy) is 1. The normalized spacial score (nSPS) is 11.2. The van der Waals surface area contributed by atoms with Crippen molar-refractivity contribution in [1.82, 2.24) is 14.9 Å². The van der Waals surface area contributed by atoms with Gasteiger partial charge in [-0.15, -0.1) is 0 Å². The maximum atomic E-state index is 12.3. The number of benzene rings is 3. The van der Waals surface area contributed by atoms with Crippen LogP contribution in [0.5, 0.6) is 5.75 Å². The molecule has 0 radical (unpaired) electrons. The second-order valence-electron chi connectivity index (χ2n) is 9.97. The van der Waals surface area contributed by atoms with Crippen LogP contribution in [0, 0.1) is 6.92 Å². The predicted molar refractivity (Wildman–Crippen MR) is 151 cm³/mol. The fourth-order valence-electron chi connectivity index (χ4n) is 4.76. The number of aromatic nitrogens is 2. The molecule has 5 nitrogen and oxygen atoms in total. The monoisotopic (exact) mass is 497 g/mol. The maximum absolute atomic E-state index is 12.3.